The molecule has 0 heterocycles. The Balaban J connectivity index is 2.55. The number of benzene rings is 2. The molecule has 5 nitrogen and oxygen atoms in total. The minimum Gasteiger partial charge on any atom is -0.493 e. The predicted octanol–water partition coefficient (Wildman–Crippen LogP) is 5.91. The fourth-order valence-electron chi connectivity index (χ4n) is 4.03. The molecule has 0 saturated carbocycles. The lowest BCUT2D eigenvalue weighted by molar-refractivity contribution is 0.129. The van der Waals surface area contributed by atoms with Gasteiger partial charge in [-0.3, -0.25) is 0 Å². The van der Waals surface area contributed by atoms with Gasteiger partial charge in [0.25, 0.3) is 0 Å². The Hall–Kier alpha value is -2.40. The lowest BCUT2D eigenvalue weighted by Gasteiger charge is -2.27. The molecule has 0 fully saturated rings. The SMILES string of the molecule is CCOc1cc(N(CC)CC)ccc1C(OC)c1ccc(N(CC)CC)cc1OCC. The summed E-state index contributed by atoms with van der Waals surface area (Å²) in [6, 6.07) is 12.8. The van der Waals surface area contributed by atoms with Crippen LogP contribution < -0.4 is 19.3 Å². The standard InChI is InChI=1S/C26H40N2O3/c1-8-27(9-2)20-14-16-22(24(18-20)30-12-5)26(29-7)23-17-15-21(28(10-3)11-4)19-25(23)31-13-6/h14-19,26H,8-13H2,1-7H3. The summed E-state index contributed by atoms with van der Waals surface area (Å²) in [7, 11) is 1.74. The Bertz CT molecular complexity index is 736. The molecule has 2 aromatic rings. The molecule has 0 bridgehead atoms. The van der Waals surface area contributed by atoms with Gasteiger partial charge in [0.1, 0.15) is 17.6 Å². The second-order valence-electron chi connectivity index (χ2n) is 7.27. The Morgan fingerprint density at radius 2 is 1.03 bits per heavy atom. The fraction of sp³-hybridized carbons (Fsp3) is 0.538. The highest BCUT2D eigenvalue weighted by Crippen LogP contribution is 2.40. The van der Waals surface area contributed by atoms with Gasteiger partial charge in [-0.2, -0.15) is 0 Å². The van der Waals surface area contributed by atoms with Crippen LogP contribution in [0.2, 0.25) is 0 Å². The van der Waals surface area contributed by atoms with E-state index < -0.39 is 0 Å². The number of methoxy groups -OCH3 is 1. The quantitative estimate of drug-likeness (QED) is 0.396. The van der Waals surface area contributed by atoms with E-state index in [2.05, 4.69) is 73.9 Å². The van der Waals surface area contributed by atoms with E-state index in [1.165, 1.54) is 0 Å². The van der Waals surface area contributed by atoms with Crippen molar-refractivity contribution >= 4 is 11.4 Å². The molecule has 0 N–H and O–H groups in total. The number of anilines is 2. The first kappa shape index (κ1) is 24.9. The van der Waals surface area contributed by atoms with E-state index in [-0.39, 0.29) is 6.10 Å². The van der Waals surface area contributed by atoms with E-state index in [0.29, 0.717) is 13.2 Å². The highest BCUT2D eigenvalue weighted by Gasteiger charge is 2.23. The lowest BCUT2D eigenvalue weighted by Crippen LogP contribution is -2.22. The van der Waals surface area contributed by atoms with Gasteiger partial charge in [-0.15, -0.1) is 0 Å². The third-order valence-electron chi connectivity index (χ3n) is 5.65. The van der Waals surface area contributed by atoms with Crippen LogP contribution in [0.1, 0.15) is 58.8 Å². The molecule has 0 spiro atoms. The number of hydrogen-bond acceptors (Lipinski definition) is 5. The van der Waals surface area contributed by atoms with Crippen LogP contribution in [0.5, 0.6) is 11.5 Å². The Kier molecular flexibility index (Phi) is 9.99. The van der Waals surface area contributed by atoms with Crippen LogP contribution in [0.4, 0.5) is 11.4 Å². The largest absolute Gasteiger partial charge is 0.493 e. The number of hydrogen-bond donors (Lipinski definition) is 0. The molecule has 0 saturated heterocycles. The van der Waals surface area contributed by atoms with Gasteiger partial charge in [0, 0.05) is 67.9 Å². The zero-order valence-corrected chi connectivity index (χ0v) is 20.4. The zero-order valence-electron chi connectivity index (χ0n) is 20.4. The average Bonchev–Trinajstić information content (AvgIpc) is 2.79. The van der Waals surface area contributed by atoms with Crippen molar-refractivity contribution in [1.82, 2.24) is 0 Å². The van der Waals surface area contributed by atoms with E-state index in [1.54, 1.807) is 7.11 Å². The van der Waals surface area contributed by atoms with Gasteiger partial charge in [0.15, 0.2) is 0 Å². The smallest absolute Gasteiger partial charge is 0.127 e. The van der Waals surface area contributed by atoms with E-state index in [9.17, 15) is 0 Å². The van der Waals surface area contributed by atoms with Crippen LogP contribution in [0.25, 0.3) is 0 Å². The van der Waals surface area contributed by atoms with Crippen LogP contribution in [0.15, 0.2) is 36.4 Å². The topological polar surface area (TPSA) is 34.2 Å². The maximum atomic E-state index is 6.06. The highest BCUT2D eigenvalue weighted by atomic mass is 16.5. The van der Waals surface area contributed by atoms with Gasteiger partial charge in [-0.05, 0) is 53.7 Å². The third-order valence-corrected chi connectivity index (χ3v) is 5.65. The summed E-state index contributed by atoms with van der Waals surface area (Å²) in [5.74, 6) is 1.71. The van der Waals surface area contributed by atoms with E-state index in [4.69, 9.17) is 14.2 Å². The summed E-state index contributed by atoms with van der Waals surface area (Å²) < 4.78 is 18.1. The molecule has 0 unspecified atom stereocenters. The van der Waals surface area contributed by atoms with Crippen molar-refractivity contribution in [3.8, 4) is 11.5 Å². The second-order valence-corrected chi connectivity index (χ2v) is 7.27. The molecule has 5 heteroatoms. The van der Waals surface area contributed by atoms with Crippen molar-refractivity contribution < 1.29 is 14.2 Å². The first-order valence-electron chi connectivity index (χ1n) is 11.6. The van der Waals surface area contributed by atoms with Gasteiger partial charge >= 0.3 is 0 Å². The molecule has 0 aliphatic carbocycles. The van der Waals surface area contributed by atoms with Gasteiger partial charge in [-0.25, -0.2) is 0 Å². The Morgan fingerprint density at radius 3 is 1.32 bits per heavy atom. The van der Waals surface area contributed by atoms with E-state index >= 15 is 0 Å². The summed E-state index contributed by atoms with van der Waals surface area (Å²) in [6.07, 6.45) is -0.278. The Morgan fingerprint density at radius 1 is 0.645 bits per heavy atom. The predicted molar refractivity (Wildman–Crippen MR) is 131 cm³/mol. The van der Waals surface area contributed by atoms with Crippen molar-refractivity contribution in [3.63, 3.8) is 0 Å². The minimum atomic E-state index is -0.278. The van der Waals surface area contributed by atoms with Crippen molar-refractivity contribution in [3.05, 3.63) is 47.5 Å². The van der Waals surface area contributed by atoms with Gasteiger partial charge in [-0.1, -0.05) is 12.1 Å². The first-order valence-corrected chi connectivity index (χ1v) is 11.6. The van der Waals surface area contributed by atoms with Crippen molar-refractivity contribution in [2.45, 2.75) is 47.6 Å². The van der Waals surface area contributed by atoms with Crippen molar-refractivity contribution in [2.24, 2.45) is 0 Å². The second kappa shape index (κ2) is 12.5. The average molecular weight is 429 g/mol. The fourth-order valence-corrected chi connectivity index (χ4v) is 4.03. The van der Waals surface area contributed by atoms with Crippen LogP contribution >= 0.6 is 0 Å². The highest BCUT2D eigenvalue weighted by molar-refractivity contribution is 5.59. The monoisotopic (exact) mass is 428 g/mol. The molecule has 0 atom stereocenters. The zero-order chi connectivity index (χ0) is 22.8. The third kappa shape index (κ3) is 5.85. The Labute approximate surface area is 188 Å². The number of nitrogens with zero attached hydrogens (tertiary/aromatic N) is 2. The summed E-state index contributed by atoms with van der Waals surface area (Å²) in [5.41, 5.74) is 4.34. The molecule has 0 amide bonds. The van der Waals surface area contributed by atoms with E-state index in [1.807, 2.05) is 13.8 Å². The van der Waals surface area contributed by atoms with Crippen LogP contribution in [-0.4, -0.2) is 46.5 Å². The van der Waals surface area contributed by atoms with Crippen LogP contribution in [0.3, 0.4) is 0 Å². The molecule has 31 heavy (non-hydrogen) atoms. The normalized spacial score (nSPS) is 11.0. The maximum absolute atomic E-state index is 6.06. The molecule has 2 rings (SSSR count). The molecule has 0 radical (unpaired) electrons. The van der Waals surface area contributed by atoms with Crippen LogP contribution in [-0.2, 0) is 4.74 Å². The molecular weight excluding hydrogens is 388 g/mol. The van der Waals surface area contributed by atoms with E-state index in [0.717, 1.165) is 60.2 Å². The molecular formula is C26H40N2O3. The number of ether oxygens (including phenoxy) is 3. The maximum Gasteiger partial charge on any atom is 0.127 e. The first-order chi connectivity index (χ1) is 15.1. The molecule has 172 valence electrons. The summed E-state index contributed by atoms with van der Waals surface area (Å²) in [5, 5.41) is 0. The summed E-state index contributed by atoms with van der Waals surface area (Å²) in [4.78, 5) is 4.64. The van der Waals surface area contributed by atoms with Crippen molar-refractivity contribution in [2.75, 3.05) is 56.3 Å². The summed E-state index contributed by atoms with van der Waals surface area (Å²) >= 11 is 0. The van der Waals surface area contributed by atoms with Gasteiger partial charge < -0.3 is 24.0 Å². The summed E-state index contributed by atoms with van der Waals surface area (Å²) in [6.45, 7) is 17.7. The number of rotatable bonds is 13. The van der Waals surface area contributed by atoms with Gasteiger partial charge in [0.2, 0.25) is 0 Å². The minimum absolute atomic E-state index is 0.278. The van der Waals surface area contributed by atoms with Gasteiger partial charge in [0.05, 0.1) is 13.2 Å². The van der Waals surface area contributed by atoms with Crippen molar-refractivity contribution in [1.29, 1.82) is 0 Å². The molecule has 0 aromatic heterocycles. The molecule has 0 aliphatic heterocycles. The molecule has 2 aromatic carbocycles. The lowest BCUT2D eigenvalue weighted by atomic mass is 9.98. The molecule has 0 aliphatic rings. The van der Waals surface area contributed by atoms with Crippen LogP contribution in [0, 0.1) is 0 Å².